The lowest BCUT2D eigenvalue weighted by atomic mass is 9.95. The summed E-state index contributed by atoms with van der Waals surface area (Å²) in [7, 11) is -4.45. The van der Waals surface area contributed by atoms with Crippen molar-refractivity contribution in [2.24, 2.45) is 10.8 Å². The first kappa shape index (κ1) is 39.8. The quantitative estimate of drug-likeness (QED) is 0.158. The van der Waals surface area contributed by atoms with Gasteiger partial charge in [0.15, 0.2) is 39.6 Å². The van der Waals surface area contributed by atoms with Gasteiger partial charge in [-0.2, -0.15) is 0 Å². The Labute approximate surface area is 300 Å². The Kier molecular flexibility index (Phi) is 11.5. The van der Waals surface area contributed by atoms with E-state index in [9.17, 15) is 23.7 Å². The van der Waals surface area contributed by atoms with Crippen LogP contribution in [0.4, 0.5) is 4.39 Å². The van der Waals surface area contributed by atoms with Gasteiger partial charge in [0.05, 0.1) is 13.2 Å². The first-order valence-corrected chi connectivity index (χ1v) is 20.7. The molecule has 17 heteroatoms. The Morgan fingerprint density at radius 2 is 1.50 bits per heavy atom. The molecule has 0 bridgehead atoms. The number of rotatable bonds is 15. The normalized spacial score (nSPS) is 30.1. The second kappa shape index (κ2) is 14.5. The Balaban J connectivity index is 1.30. The third kappa shape index (κ3) is 7.66. The number of phosphoric ester groups is 1. The van der Waals surface area contributed by atoms with Gasteiger partial charge in [0.1, 0.15) is 0 Å². The lowest BCUT2D eigenvalue weighted by Crippen LogP contribution is -2.49. The largest absolute Gasteiger partial charge is 0.475 e. The van der Waals surface area contributed by atoms with Crippen molar-refractivity contribution in [1.29, 1.82) is 0 Å². The molecule has 2 aliphatic heterocycles. The van der Waals surface area contributed by atoms with Crippen molar-refractivity contribution in [1.82, 2.24) is 9.55 Å². The Morgan fingerprint density at radius 3 is 2.00 bits per heavy atom. The van der Waals surface area contributed by atoms with E-state index in [0.717, 1.165) is 23.5 Å². The van der Waals surface area contributed by atoms with Crippen molar-refractivity contribution in [2.75, 3.05) is 24.7 Å². The van der Waals surface area contributed by atoms with Gasteiger partial charge in [-0.3, -0.25) is 37.5 Å². The number of carbonyl (C=O) groups excluding carboxylic acids is 2. The zero-order valence-electron chi connectivity index (χ0n) is 29.9. The number of nitrogens with zero attached hydrogens (tertiary/aromatic N) is 1. The Bertz CT molecular complexity index is 1560. The van der Waals surface area contributed by atoms with Gasteiger partial charge in [-0.15, -0.1) is 0 Å². The summed E-state index contributed by atoms with van der Waals surface area (Å²) in [6.45, 7) is 12.6. The molecule has 2 spiro atoms. The third-order valence-corrected chi connectivity index (χ3v) is 13.5. The van der Waals surface area contributed by atoms with E-state index in [-0.39, 0.29) is 23.4 Å². The van der Waals surface area contributed by atoms with Gasteiger partial charge in [-0.1, -0.05) is 65.1 Å². The van der Waals surface area contributed by atoms with E-state index < -0.39 is 65.1 Å². The lowest BCUT2D eigenvalue weighted by molar-refractivity contribution is -0.249. The van der Waals surface area contributed by atoms with E-state index in [2.05, 4.69) is 4.98 Å². The standard InChI is InChI=1S/C33H50FN2O11PS2/c1-28(2,3)25(38)49-20-12-10-18-42-48(41,43-19-11-13-21-50-26(39)29(4,5)6)45-23-32-30(7,46-31(47-32)15-8-9-16-31)24(44-33(23,32)34)36-17-14-22(37)35-27(36)40/h14,17,23-24H,8-13,15-16,18-21H2,1-7H3,(H,35,37,40)/t23?,24-,30+,32+,33-/m1/s1. The molecule has 1 unspecified atom stereocenters. The molecular formula is C33H50FN2O11PS2. The van der Waals surface area contributed by atoms with Crippen molar-refractivity contribution in [2.45, 2.75) is 135 Å². The zero-order chi connectivity index (χ0) is 36.8. The number of aromatic amines is 1. The molecule has 1 aromatic rings. The van der Waals surface area contributed by atoms with Crippen LogP contribution in [-0.4, -0.2) is 73.4 Å². The second-order valence-electron chi connectivity index (χ2n) is 15.6. The van der Waals surface area contributed by atoms with Crippen molar-refractivity contribution in [3.05, 3.63) is 33.1 Å². The van der Waals surface area contributed by atoms with Crippen LogP contribution in [0.15, 0.2) is 21.9 Å². The smallest absolute Gasteiger partial charge is 0.336 e. The van der Waals surface area contributed by atoms with E-state index in [1.165, 1.54) is 29.7 Å². The molecule has 5 rings (SSSR count). The molecule has 4 aliphatic rings. The summed E-state index contributed by atoms with van der Waals surface area (Å²) in [6.07, 6.45) is 2.76. The molecule has 2 saturated heterocycles. The van der Waals surface area contributed by atoms with Crippen molar-refractivity contribution >= 4 is 41.6 Å². The van der Waals surface area contributed by atoms with Crippen LogP contribution in [0.1, 0.15) is 106 Å². The molecule has 13 nitrogen and oxygen atoms in total. The minimum absolute atomic E-state index is 0.0503. The topological polar surface area (TPSA) is 161 Å². The van der Waals surface area contributed by atoms with Crippen molar-refractivity contribution in [3.63, 3.8) is 0 Å². The SMILES string of the molecule is CC(C)(C)C(=O)SCCCCOP(=O)(OCCCCSC(=O)C(C)(C)C)OC1[C@]23OC4(CCCC4)O[C@@]2(C)[C@H](n2ccc(=O)[nH]c2=O)O[C@]13F. The molecule has 2 saturated carbocycles. The number of hydrogen-bond donors (Lipinski definition) is 1. The predicted molar refractivity (Wildman–Crippen MR) is 186 cm³/mol. The van der Waals surface area contributed by atoms with Crippen LogP contribution in [0.25, 0.3) is 0 Å². The Morgan fingerprint density at radius 1 is 0.960 bits per heavy atom. The highest BCUT2D eigenvalue weighted by molar-refractivity contribution is 8.14. The highest BCUT2D eigenvalue weighted by Gasteiger charge is 3.01. The molecule has 2 aliphatic carbocycles. The van der Waals surface area contributed by atoms with Crippen LogP contribution in [0.5, 0.6) is 0 Å². The summed E-state index contributed by atoms with van der Waals surface area (Å²) in [5, 5.41) is 0.130. The van der Waals surface area contributed by atoms with Gasteiger partial charge in [0, 0.05) is 47.4 Å². The maximum Gasteiger partial charge on any atom is 0.475 e. The number of alkyl halides is 1. The van der Waals surface area contributed by atoms with E-state index in [1.54, 1.807) is 6.92 Å². The summed E-state index contributed by atoms with van der Waals surface area (Å²) >= 11 is 2.45. The summed E-state index contributed by atoms with van der Waals surface area (Å²) in [6, 6.07) is 1.12. The van der Waals surface area contributed by atoms with Gasteiger partial charge in [-0.05, 0) is 45.4 Å². The summed E-state index contributed by atoms with van der Waals surface area (Å²) in [5.41, 5.74) is -5.95. The lowest BCUT2D eigenvalue weighted by Gasteiger charge is -2.34. The molecule has 282 valence electrons. The second-order valence-corrected chi connectivity index (χ2v) is 19.3. The maximum absolute atomic E-state index is 17.1. The molecule has 3 heterocycles. The van der Waals surface area contributed by atoms with E-state index in [4.69, 9.17) is 27.8 Å². The highest BCUT2D eigenvalue weighted by Crippen LogP contribution is 2.79. The molecule has 5 atom stereocenters. The average molecular weight is 765 g/mol. The molecule has 4 fully saturated rings. The first-order valence-electron chi connectivity index (χ1n) is 17.2. The van der Waals surface area contributed by atoms with Gasteiger partial charge < -0.3 is 14.2 Å². The van der Waals surface area contributed by atoms with Crippen LogP contribution < -0.4 is 11.2 Å². The molecule has 0 aromatic carbocycles. The number of thioether (sulfide) groups is 2. The number of aromatic nitrogens is 2. The highest BCUT2D eigenvalue weighted by atomic mass is 32.2. The summed E-state index contributed by atoms with van der Waals surface area (Å²) in [4.78, 5) is 51.3. The molecule has 1 aromatic heterocycles. The fourth-order valence-electron chi connectivity index (χ4n) is 6.56. The molecule has 0 amide bonds. The minimum Gasteiger partial charge on any atom is -0.336 e. The van der Waals surface area contributed by atoms with Gasteiger partial charge in [0.2, 0.25) is 0 Å². The van der Waals surface area contributed by atoms with Gasteiger partial charge in [0.25, 0.3) is 11.4 Å². The number of H-pyrrole nitrogens is 1. The Hall–Kier alpha value is -1.36. The van der Waals surface area contributed by atoms with Crippen molar-refractivity contribution in [3.8, 4) is 0 Å². The molecule has 0 radical (unpaired) electrons. The van der Waals surface area contributed by atoms with Crippen LogP contribution in [0.2, 0.25) is 0 Å². The first-order chi connectivity index (χ1) is 23.2. The van der Waals surface area contributed by atoms with Crippen LogP contribution in [-0.2, 0) is 41.9 Å². The number of unbranched alkanes of at least 4 members (excludes halogenated alkanes) is 2. The summed E-state index contributed by atoms with van der Waals surface area (Å²) < 4.78 is 68.7. The average Bonchev–Trinajstić information content (AvgIpc) is 3.36. The predicted octanol–water partition coefficient (Wildman–Crippen LogP) is 6.26. The number of hydrogen-bond acceptors (Lipinski definition) is 13. The van der Waals surface area contributed by atoms with Crippen LogP contribution in [0.3, 0.4) is 0 Å². The third-order valence-electron chi connectivity index (χ3n) is 9.34. The number of nitrogens with one attached hydrogen (secondary N) is 1. The van der Waals surface area contributed by atoms with Crippen LogP contribution >= 0.6 is 31.3 Å². The number of ether oxygens (including phenoxy) is 3. The summed E-state index contributed by atoms with van der Waals surface area (Å²) in [5.74, 6) is -2.79. The maximum atomic E-state index is 17.1. The van der Waals surface area contributed by atoms with E-state index in [1.807, 2.05) is 41.5 Å². The van der Waals surface area contributed by atoms with Gasteiger partial charge >= 0.3 is 13.5 Å². The molecular weight excluding hydrogens is 714 g/mol. The van der Waals surface area contributed by atoms with Crippen molar-refractivity contribution < 1.29 is 46.3 Å². The monoisotopic (exact) mass is 764 g/mol. The van der Waals surface area contributed by atoms with E-state index in [0.29, 0.717) is 50.0 Å². The number of phosphoric acid groups is 1. The fourth-order valence-corrected chi connectivity index (χ4v) is 9.94. The van der Waals surface area contributed by atoms with Gasteiger partial charge in [-0.25, -0.2) is 13.8 Å². The molecule has 50 heavy (non-hydrogen) atoms. The molecule has 1 N–H and O–H groups in total. The zero-order valence-corrected chi connectivity index (χ0v) is 32.4. The number of halogens is 1. The number of carbonyl (C=O) groups is 2. The van der Waals surface area contributed by atoms with E-state index >= 15 is 4.39 Å². The van der Waals surface area contributed by atoms with Crippen LogP contribution in [0, 0.1) is 10.8 Å². The minimum atomic E-state index is -4.45. The fraction of sp³-hybridized carbons (Fsp3) is 0.818.